The molecule has 44 heavy (non-hydrogen) atoms. The van der Waals surface area contributed by atoms with Crippen molar-refractivity contribution in [1.82, 2.24) is 5.32 Å². The number of carbonyl (C=O) groups excluding carboxylic acids is 4. The van der Waals surface area contributed by atoms with E-state index < -0.39 is 71.6 Å². The van der Waals surface area contributed by atoms with E-state index >= 15 is 0 Å². The molecule has 0 spiro atoms. The Morgan fingerprint density at radius 1 is 1.02 bits per heavy atom. The molecule has 0 unspecified atom stereocenters. The first kappa shape index (κ1) is 37.6. The number of methoxy groups -OCH3 is 3. The molecule has 13 heteroatoms. The van der Waals surface area contributed by atoms with Crippen LogP contribution in [0.1, 0.15) is 67.7 Å². The number of rotatable bonds is 14. The molecule has 252 valence electrons. The smallest absolute Gasteiger partial charge is 0.303 e. The summed E-state index contributed by atoms with van der Waals surface area (Å²) in [6.45, 7) is 15.6. The fraction of sp³-hybridized carbons (Fsp3) is 0.806. The van der Waals surface area contributed by atoms with E-state index in [-0.39, 0.29) is 38.1 Å². The molecule has 1 amide bonds. The molecule has 2 saturated heterocycles. The maximum atomic E-state index is 14.0. The average Bonchev–Trinajstić information content (AvgIpc) is 2.93. The lowest BCUT2D eigenvalue weighted by Crippen LogP contribution is -2.64. The monoisotopic (exact) mass is 629 g/mol. The van der Waals surface area contributed by atoms with Crippen LogP contribution < -0.4 is 5.32 Å². The third-order valence-corrected chi connectivity index (χ3v) is 8.63. The van der Waals surface area contributed by atoms with Gasteiger partial charge in [0.25, 0.3) is 5.91 Å². The normalized spacial score (nSPS) is 30.4. The molecule has 0 aromatic heterocycles. The van der Waals surface area contributed by atoms with Crippen molar-refractivity contribution in [1.29, 1.82) is 0 Å². The van der Waals surface area contributed by atoms with Gasteiger partial charge in [0, 0.05) is 72.7 Å². The van der Waals surface area contributed by atoms with Crippen molar-refractivity contribution in [3.8, 4) is 0 Å². The van der Waals surface area contributed by atoms with Crippen molar-refractivity contribution in [2.24, 2.45) is 11.3 Å². The third-order valence-electron chi connectivity index (χ3n) is 8.63. The van der Waals surface area contributed by atoms with Gasteiger partial charge in [0.1, 0.15) is 12.7 Å². The zero-order valence-electron chi connectivity index (χ0n) is 27.8. The zero-order valence-corrected chi connectivity index (χ0v) is 27.8. The number of amides is 1. The van der Waals surface area contributed by atoms with Crippen molar-refractivity contribution in [3.05, 3.63) is 12.2 Å². The Morgan fingerprint density at radius 2 is 1.68 bits per heavy atom. The van der Waals surface area contributed by atoms with Gasteiger partial charge in [0.15, 0.2) is 0 Å². The van der Waals surface area contributed by atoms with Gasteiger partial charge in [0.2, 0.25) is 11.9 Å². The number of esters is 3. The summed E-state index contributed by atoms with van der Waals surface area (Å²) in [5.41, 5.74) is 0.107. The van der Waals surface area contributed by atoms with E-state index in [1.807, 2.05) is 27.7 Å². The Morgan fingerprint density at radius 3 is 2.18 bits per heavy atom. The van der Waals surface area contributed by atoms with Crippen molar-refractivity contribution in [2.45, 2.75) is 116 Å². The van der Waals surface area contributed by atoms with Crippen molar-refractivity contribution in [3.63, 3.8) is 0 Å². The summed E-state index contributed by atoms with van der Waals surface area (Å²) < 4.78 is 46.0. The van der Waals surface area contributed by atoms with Crippen LogP contribution in [0.15, 0.2) is 12.2 Å². The molecule has 2 aliphatic heterocycles. The molecule has 0 aromatic carbocycles. The maximum absolute atomic E-state index is 14.0. The molecule has 13 nitrogen and oxygen atoms in total. The Hall–Kier alpha value is -2.58. The van der Waals surface area contributed by atoms with Gasteiger partial charge < -0.3 is 43.2 Å². The Balaban J connectivity index is 2.42. The van der Waals surface area contributed by atoms with Crippen molar-refractivity contribution < 1.29 is 57.1 Å². The minimum absolute atomic E-state index is 0.00790. The van der Waals surface area contributed by atoms with E-state index in [0.29, 0.717) is 6.42 Å². The van der Waals surface area contributed by atoms with Crippen LogP contribution in [0.4, 0.5) is 0 Å². The van der Waals surface area contributed by atoms with E-state index in [2.05, 4.69) is 11.9 Å². The minimum atomic E-state index is -1.61. The van der Waals surface area contributed by atoms with Gasteiger partial charge in [-0.25, -0.2) is 0 Å². The summed E-state index contributed by atoms with van der Waals surface area (Å²) in [4.78, 5) is 49.7. The SMILES string of the molecule is C=C1C[C@](OC)([C@H](OC(C)=O)C(=O)N[C@@H](COC)[C@@H]2C[C@@H](OC(C)=O)C(C)(C)[C@@H](C[C@@H](COC(C)=O)OC)O2)O[C@H](C)[C@@H]1C. The molecule has 0 aromatic rings. The lowest BCUT2D eigenvalue weighted by atomic mass is 9.73. The molecule has 2 rings (SSSR count). The first-order valence-electron chi connectivity index (χ1n) is 14.9. The fourth-order valence-corrected chi connectivity index (χ4v) is 5.70. The highest BCUT2D eigenvalue weighted by Crippen LogP contribution is 2.42. The van der Waals surface area contributed by atoms with Gasteiger partial charge >= 0.3 is 17.9 Å². The lowest BCUT2D eigenvalue weighted by molar-refractivity contribution is -0.300. The Kier molecular flexibility index (Phi) is 13.8. The molecule has 1 N–H and O–H groups in total. The van der Waals surface area contributed by atoms with Crippen LogP contribution >= 0.6 is 0 Å². The van der Waals surface area contributed by atoms with Gasteiger partial charge in [0.05, 0.1) is 37.1 Å². The van der Waals surface area contributed by atoms with Crippen LogP contribution in [0, 0.1) is 11.3 Å². The van der Waals surface area contributed by atoms with Gasteiger partial charge in [-0.05, 0) is 6.92 Å². The van der Waals surface area contributed by atoms with E-state index in [9.17, 15) is 19.2 Å². The van der Waals surface area contributed by atoms with Crippen LogP contribution in [0.5, 0.6) is 0 Å². The molecule has 2 aliphatic rings. The van der Waals surface area contributed by atoms with Crippen molar-refractivity contribution >= 4 is 23.8 Å². The van der Waals surface area contributed by atoms with Crippen LogP contribution in [-0.2, 0) is 57.1 Å². The number of nitrogens with one attached hydrogen (secondary N) is 1. The number of hydrogen-bond acceptors (Lipinski definition) is 12. The molecule has 0 aliphatic carbocycles. The quantitative estimate of drug-likeness (QED) is 0.171. The second-order valence-corrected chi connectivity index (χ2v) is 12.2. The first-order valence-corrected chi connectivity index (χ1v) is 14.9. The highest BCUT2D eigenvalue weighted by Gasteiger charge is 2.54. The first-order chi connectivity index (χ1) is 20.5. The molecule has 2 fully saturated rings. The van der Waals surface area contributed by atoms with Gasteiger partial charge in [-0.3, -0.25) is 19.2 Å². The number of hydrogen-bond donors (Lipinski definition) is 1. The highest BCUT2D eigenvalue weighted by molar-refractivity contribution is 5.85. The van der Waals surface area contributed by atoms with Crippen LogP contribution in [-0.4, -0.2) is 107 Å². The fourth-order valence-electron chi connectivity index (χ4n) is 5.70. The summed E-state index contributed by atoms with van der Waals surface area (Å²) in [5.74, 6) is -3.91. The van der Waals surface area contributed by atoms with Crippen molar-refractivity contribution in [2.75, 3.05) is 34.5 Å². The zero-order chi connectivity index (χ0) is 33.4. The summed E-state index contributed by atoms with van der Waals surface area (Å²) in [7, 11) is 4.36. The lowest BCUT2D eigenvalue weighted by Gasteiger charge is -2.49. The standard InChI is InChI=1S/C31H51NO12/c1-17-14-31(39-11,44-19(3)18(17)2)28(42-22(6)35)29(36)32-24(16-37-9)25-13-27(41-21(5)34)30(7,8)26(43-25)12-23(38-10)15-40-20(4)33/h18-19,23-28H,1,12-16H2,2-11H3,(H,32,36)/t18-,19-,23+,24+,25+,26-,27-,28-,31-/m1/s1. The summed E-state index contributed by atoms with van der Waals surface area (Å²) in [6, 6.07) is -0.770. The minimum Gasteiger partial charge on any atom is -0.463 e. The van der Waals surface area contributed by atoms with Crippen LogP contribution in [0.3, 0.4) is 0 Å². The average molecular weight is 630 g/mol. The molecular weight excluding hydrogens is 578 g/mol. The summed E-state index contributed by atoms with van der Waals surface area (Å²) >= 11 is 0. The molecule has 0 bridgehead atoms. The number of carbonyl (C=O) groups is 4. The van der Waals surface area contributed by atoms with Crippen LogP contribution in [0.25, 0.3) is 0 Å². The molecule has 2 heterocycles. The highest BCUT2D eigenvalue weighted by atomic mass is 16.7. The van der Waals surface area contributed by atoms with E-state index in [4.69, 9.17) is 37.9 Å². The molecule has 0 radical (unpaired) electrons. The Bertz CT molecular complexity index is 1030. The second-order valence-electron chi connectivity index (χ2n) is 12.2. The predicted octanol–water partition coefficient (Wildman–Crippen LogP) is 2.48. The molecule has 0 saturated carbocycles. The van der Waals surface area contributed by atoms with Gasteiger partial charge in [-0.2, -0.15) is 0 Å². The summed E-state index contributed by atoms with van der Waals surface area (Å²) in [5, 5.41) is 2.92. The number of ether oxygens (including phenoxy) is 8. The van der Waals surface area contributed by atoms with Crippen LogP contribution in [0.2, 0.25) is 0 Å². The van der Waals surface area contributed by atoms with E-state index in [1.165, 1.54) is 42.1 Å². The van der Waals surface area contributed by atoms with E-state index in [0.717, 1.165) is 5.57 Å². The molecular formula is C31H51NO12. The maximum Gasteiger partial charge on any atom is 0.303 e. The van der Waals surface area contributed by atoms with E-state index in [1.54, 1.807) is 0 Å². The predicted molar refractivity (Wildman–Crippen MR) is 157 cm³/mol. The molecule has 9 atom stereocenters. The summed E-state index contributed by atoms with van der Waals surface area (Å²) in [6.07, 6.45) is -3.57. The second kappa shape index (κ2) is 16.1. The topological polar surface area (TPSA) is 154 Å². The largest absolute Gasteiger partial charge is 0.463 e. The Labute approximate surface area is 260 Å². The van der Waals surface area contributed by atoms with Gasteiger partial charge in [-0.1, -0.05) is 32.9 Å². The third kappa shape index (κ3) is 9.46. The van der Waals surface area contributed by atoms with Gasteiger partial charge in [-0.15, -0.1) is 0 Å².